The van der Waals surface area contributed by atoms with E-state index in [1.165, 1.54) is 0 Å². The highest BCUT2D eigenvalue weighted by Crippen LogP contribution is 2.27. The molecule has 0 atom stereocenters. The van der Waals surface area contributed by atoms with Gasteiger partial charge in [-0.05, 0) is 30.2 Å². The lowest BCUT2D eigenvalue weighted by Crippen LogP contribution is -2.27. The first-order chi connectivity index (χ1) is 12.1. The highest BCUT2D eigenvalue weighted by molar-refractivity contribution is 6.30. The Morgan fingerprint density at radius 3 is 2.44 bits per heavy atom. The molecule has 1 N–H and O–H groups in total. The molecule has 128 valence electrons. The summed E-state index contributed by atoms with van der Waals surface area (Å²) in [5.41, 5.74) is 3.11. The van der Waals surface area contributed by atoms with Crippen LogP contribution >= 0.6 is 11.6 Å². The van der Waals surface area contributed by atoms with Crippen LogP contribution in [0.4, 0.5) is 0 Å². The Kier molecular flexibility index (Phi) is 5.19. The normalized spacial score (nSPS) is 10.9. The van der Waals surface area contributed by atoms with Crippen LogP contribution in [0.5, 0.6) is 0 Å². The van der Waals surface area contributed by atoms with Crippen molar-refractivity contribution in [3.63, 3.8) is 0 Å². The number of nitrogens with zero attached hydrogens (tertiary/aromatic N) is 2. The minimum Gasteiger partial charge on any atom is -0.352 e. The van der Waals surface area contributed by atoms with Crippen molar-refractivity contribution in [3.05, 3.63) is 71.4 Å². The molecule has 0 aliphatic rings. The summed E-state index contributed by atoms with van der Waals surface area (Å²) in [6.07, 6.45) is 1.62. The highest BCUT2D eigenvalue weighted by Gasteiger charge is 2.20. The van der Waals surface area contributed by atoms with Gasteiger partial charge in [0.15, 0.2) is 0 Å². The molecule has 4 nitrogen and oxygen atoms in total. The van der Waals surface area contributed by atoms with Crippen molar-refractivity contribution in [3.8, 4) is 16.9 Å². The first kappa shape index (κ1) is 17.2. The van der Waals surface area contributed by atoms with Gasteiger partial charge in [-0.2, -0.15) is 5.10 Å². The van der Waals surface area contributed by atoms with Gasteiger partial charge in [0.05, 0.1) is 23.1 Å². The smallest absolute Gasteiger partial charge is 0.255 e. The van der Waals surface area contributed by atoms with E-state index in [1.54, 1.807) is 10.9 Å². The van der Waals surface area contributed by atoms with E-state index in [4.69, 9.17) is 11.6 Å². The lowest BCUT2D eigenvalue weighted by Gasteiger charge is -2.11. The van der Waals surface area contributed by atoms with Gasteiger partial charge in [-0.3, -0.25) is 4.79 Å². The second kappa shape index (κ2) is 7.53. The van der Waals surface area contributed by atoms with E-state index in [1.807, 2.05) is 54.6 Å². The van der Waals surface area contributed by atoms with Crippen LogP contribution in [0.3, 0.4) is 0 Å². The molecule has 2 aromatic carbocycles. The molecular formula is C20H20ClN3O. The Morgan fingerprint density at radius 1 is 1.12 bits per heavy atom. The van der Waals surface area contributed by atoms with Gasteiger partial charge in [0, 0.05) is 17.1 Å². The van der Waals surface area contributed by atoms with Crippen molar-refractivity contribution in [1.29, 1.82) is 0 Å². The molecule has 0 aliphatic heterocycles. The molecule has 0 spiro atoms. The fourth-order valence-corrected chi connectivity index (χ4v) is 2.68. The molecule has 5 heteroatoms. The number of hydrogen-bond donors (Lipinski definition) is 1. The third kappa shape index (κ3) is 3.91. The number of aromatic nitrogens is 2. The zero-order valence-electron chi connectivity index (χ0n) is 14.2. The third-order valence-electron chi connectivity index (χ3n) is 3.80. The Balaban J connectivity index is 2.07. The van der Waals surface area contributed by atoms with E-state index in [2.05, 4.69) is 24.3 Å². The standard InChI is InChI=1S/C20H20ClN3O/c1-14(2)12-22-20(25)18-13-23-24(17-10-8-16(21)9-11-17)19(18)15-6-4-3-5-7-15/h3-11,13-14H,12H2,1-2H3,(H,22,25). The van der Waals surface area contributed by atoms with Gasteiger partial charge in [-0.1, -0.05) is 55.8 Å². The monoisotopic (exact) mass is 353 g/mol. The molecule has 0 bridgehead atoms. The summed E-state index contributed by atoms with van der Waals surface area (Å²) in [6.45, 7) is 4.75. The second-order valence-electron chi connectivity index (χ2n) is 6.26. The quantitative estimate of drug-likeness (QED) is 0.729. The summed E-state index contributed by atoms with van der Waals surface area (Å²) < 4.78 is 1.77. The van der Waals surface area contributed by atoms with Crippen LogP contribution in [0, 0.1) is 5.92 Å². The van der Waals surface area contributed by atoms with Crippen molar-refractivity contribution in [2.45, 2.75) is 13.8 Å². The Hall–Kier alpha value is -2.59. The van der Waals surface area contributed by atoms with Gasteiger partial charge in [0.25, 0.3) is 5.91 Å². The van der Waals surface area contributed by atoms with Crippen molar-refractivity contribution >= 4 is 17.5 Å². The summed E-state index contributed by atoms with van der Waals surface area (Å²) in [7, 11) is 0. The summed E-state index contributed by atoms with van der Waals surface area (Å²) in [5.74, 6) is 0.267. The van der Waals surface area contributed by atoms with Crippen molar-refractivity contribution in [1.82, 2.24) is 15.1 Å². The van der Waals surface area contributed by atoms with Gasteiger partial charge >= 0.3 is 0 Å². The van der Waals surface area contributed by atoms with Crippen molar-refractivity contribution in [2.75, 3.05) is 6.54 Å². The average molecular weight is 354 g/mol. The molecule has 0 unspecified atom stereocenters. The van der Waals surface area contributed by atoms with Crippen LogP contribution < -0.4 is 5.32 Å². The van der Waals surface area contributed by atoms with Gasteiger partial charge < -0.3 is 5.32 Å². The van der Waals surface area contributed by atoms with Gasteiger partial charge in [0.1, 0.15) is 0 Å². The lowest BCUT2D eigenvalue weighted by atomic mass is 10.1. The molecule has 0 saturated carbocycles. The molecular weight excluding hydrogens is 334 g/mol. The highest BCUT2D eigenvalue weighted by atomic mass is 35.5. The summed E-state index contributed by atoms with van der Waals surface area (Å²) >= 11 is 5.99. The maximum absolute atomic E-state index is 12.7. The van der Waals surface area contributed by atoms with E-state index in [0.717, 1.165) is 16.9 Å². The van der Waals surface area contributed by atoms with Crippen LogP contribution in [0.15, 0.2) is 60.8 Å². The topological polar surface area (TPSA) is 46.9 Å². The Labute approximate surface area is 152 Å². The molecule has 25 heavy (non-hydrogen) atoms. The zero-order valence-corrected chi connectivity index (χ0v) is 15.0. The van der Waals surface area contributed by atoms with E-state index >= 15 is 0 Å². The molecule has 1 aromatic heterocycles. The number of rotatable bonds is 5. The maximum Gasteiger partial charge on any atom is 0.255 e. The molecule has 1 amide bonds. The van der Waals surface area contributed by atoms with Gasteiger partial charge in [-0.15, -0.1) is 0 Å². The molecule has 3 aromatic rings. The number of nitrogens with one attached hydrogen (secondary N) is 1. The Bertz CT molecular complexity index is 854. The molecule has 0 radical (unpaired) electrons. The SMILES string of the molecule is CC(C)CNC(=O)c1cnn(-c2ccc(Cl)cc2)c1-c1ccccc1. The van der Waals surface area contributed by atoms with E-state index in [9.17, 15) is 4.79 Å². The van der Waals surface area contributed by atoms with Crippen LogP contribution in [0.1, 0.15) is 24.2 Å². The number of amides is 1. The molecule has 3 rings (SSSR count). The molecule has 0 fully saturated rings. The predicted molar refractivity (Wildman–Crippen MR) is 101 cm³/mol. The third-order valence-corrected chi connectivity index (χ3v) is 4.06. The van der Waals surface area contributed by atoms with E-state index in [-0.39, 0.29) is 5.91 Å². The number of hydrogen-bond acceptors (Lipinski definition) is 2. The minimum absolute atomic E-state index is 0.118. The van der Waals surface area contributed by atoms with E-state index in [0.29, 0.717) is 23.0 Å². The van der Waals surface area contributed by atoms with Crippen molar-refractivity contribution < 1.29 is 4.79 Å². The fourth-order valence-electron chi connectivity index (χ4n) is 2.56. The molecule has 0 aliphatic carbocycles. The average Bonchev–Trinajstić information content (AvgIpc) is 3.06. The van der Waals surface area contributed by atoms with E-state index < -0.39 is 0 Å². The maximum atomic E-state index is 12.7. The number of carbonyl (C=O) groups excluding carboxylic acids is 1. The fraction of sp³-hybridized carbons (Fsp3) is 0.200. The summed E-state index contributed by atoms with van der Waals surface area (Å²) in [6, 6.07) is 17.2. The Morgan fingerprint density at radius 2 is 1.80 bits per heavy atom. The predicted octanol–water partition coefficient (Wildman–Crippen LogP) is 4.58. The molecule has 1 heterocycles. The van der Waals surface area contributed by atoms with Crippen molar-refractivity contribution in [2.24, 2.45) is 5.92 Å². The van der Waals surface area contributed by atoms with Crippen LogP contribution in [0.2, 0.25) is 5.02 Å². The van der Waals surface area contributed by atoms with Gasteiger partial charge in [0.2, 0.25) is 0 Å². The minimum atomic E-state index is -0.118. The number of benzene rings is 2. The zero-order chi connectivity index (χ0) is 17.8. The number of halogens is 1. The summed E-state index contributed by atoms with van der Waals surface area (Å²) in [4.78, 5) is 12.7. The second-order valence-corrected chi connectivity index (χ2v) is 6.70. The largest absolute Gasteiger partial charge is 0.352 e. The van der Waals surface area contributed by atoms with Crippen LogP contribution in [0.25, 0.3) is 16.9 Å². The number of carbonyl (C=O) groups is 1. The first-order valence-corrected chi connectivity index (χ1v) is 8.61. The lowest BCUT2D eigenvalue weighted by molar-refractivity contribution is 0.0949. The van der Waals surface area contributed by atoms with Crippen LogP contribution in [-0.2, 0) is 0 Å². The first-order valence-electron chi connectivity index (χ1n) is 8.24. The van der Waals surface area contributed by atoms with Crippen LogP contribution in [-0.4, -0.2) is 22.2 Å². The summed E-state index contributed by atoms with van der Waals surface area (Å²) in [5, 5.41) is 8.08. The molecule has 0 saturated heterocycles. The van der Waals surface area contributed by atoms with Gasteiger partial charge in [-0.25, -0.2) is 4.68 Å².